The average Bonchev–Trinajstić information content (AvgIpc) is 2.55. The molecule has 0 heterocycles. The smallest absolute Gasteiger partial charge is 0.150 e. The monoisotopic (exact) mass is 258 g/mol. The van der Waals surface area contributed by atoms with Gasteiger partial charge < -0.3 is 0 Å². The van der Waals surface area contributed by atoms with Crippen LogP contribution in [-0.4, -0.2) is 6.29 Å². The molecule has 96 valence electrons. The predicted molar refractivity (Wildman–Crippen MR) is 82.7 cm³/mol. The minimum Gasteiger partial charge on any atom is -0.298 e. The van der Waals surface area contributed by atoms with Crippen LogP contribution < -0.4 is 0 Å². The van der Waals surface area contributed by atoms with Crippen LogP contribution in [0.15, 0.2) is 78.9 Å². The Morgan fingerprint density at radius 1 is 0.600 bits per heavy atom. The summed E-state index contributed by atoms with van der Waals surface area (Å²) < 4.78 is 0. The molecule has 0 saturated carbocycles. The van der Waals surface area contributed by atoms with E-state index < -0.39 is 0 Å². The number of rotatable bonds is 3. The van der Waals surface area contributed by atoms with Crippen LogP contribution in [0.4, 0.5) is 0 Å². The van der Waals surface area contributed by atoms with Gasteiger partial charge in [-0.25, -0.2) is 0 Å². The third kappa shape index (κ3) is 2.26. The predicted octanol–water partition coefficient (Wildman–Crippen LogP) is 4.83. The van der Waals surface area contributed by atoms with Crippen LogP contribution in [0.1, 0.15) is 10.4 Å². The molecule has 0 saturated heterocycles. The first-order chi connectivity index (χ1) is 9.90. The molecule has 3 aromatic carbocycles. The first-order valence-corrected chi connectivity index (χ1v) is 6.59. The third-order valence-corrected chi connectivity index (χ3v) is 3.37. The van der Waals surface area contributed by atoms with Crippen LogP contribution in [0.3, 0.4) is 0 Å². The number of aldehydes is 1. The highest BCUT2D eigenvalue weighted by atomic mass is 16.1. The molecule has 0 aliphatic rings. The lowest BCUT2D eigenvalue weighted by Crippen LogP contribution is -1.91. The Labute approximate surface area is 118 Å². The molecule has 1 heteroatoms. The molecule has 20 heavy (non-hydrogen) atoms. The SMILES string of the molecule is O=Cc1cccc(-c2ccccc2)c1-c1ccccc1. The molecular weight excluding hydrogens is 244 g/mol. The number of benzene rings is 3. The van der Waals surface area contributed by atoms with Crippen LogP contribution in [0, 0.1) is 0 Å². The lowest BCUT2D eigenvalue weighted by atomic mass is 9.91. The van der Waals surface area contributed by atoms with E-state index >= 15 is 0 Å². The van der Waals surface area contributed by atoms with Crippen molar-refractivity contribution in [3.05, 3.63) is 84.4 Å². The minimum atomic E-state index is 0.720. The summed E-state index contributed by atoms with van der Waals surface area (Å²) >= 11 is 0. The molecule has 0 bridgehead atoms. The largest absolute Gasteiger partial charge is 0.298 e. The highest BCUT2D eigenvalue weighted by Crippen LogP contribution is 2.34. The van der Waals surface area contributed by atoms with Crippen molar-refractivity contribution < 1.29 is 4.79 Å². The van der Waals surface area contributed by atoms with E-state index in [1.54, 1.807) is 0 Å². The van der Waals surface area contributed by atoms with Crippen molar-refractivity contribution in [2.45, 2.75) is 0 Å². The first-order valence-electron chi connectivity index (χ1n) is 6.59. The molecule has 0 aliphatic carbocycles. The van der Waals surface area contributed by atoms with Crippen molar-refractivity contribution in [3.8, 4) is 22.3 Å². The van der Waals surface area contributed by atoms with Crippen molar-refractivity contribution in [1.82, 2.24) is 0 Å². The minimum absolute atomic E-state index is 0.720. The molecule has 0 unspecified atom stereocenters. The Kier molecular flexibility index (Phi) is 3.42. The molecule has 0 radical (unpaired) electrons. The number of hydrogen-bond acceptors (Lipinski definition) is 1. The van der Waals surface area contributed by atoms with E-state index in [-0.39, 0.29) is 0 Å². The van der Waals surface area contributed by atoms with Gasteiger partial charge in [-0.05, 0) is 22.3 Å². The summed E-state index contributed by atoms with van der Waals surface area (Å²) in [6.45, 7) is 0. The van der Waals surface area contributed by atoms with Gasteiger partial charge >= 0.3 is 0 Å². The van der Waals surface area contributed by atoms with E-state index in [0.29, 0.717) is 0 Å². The van der Waals surface area contributed by atoms with E-state index in [1.807, 2.05) is 60.7 Å². The Balaban J connectivity index is 2.29. The first kappa shape index (κ1) is 12.4. The zero-order chi connectivity index (χ0) is 13.8. The maximum absolute atomic E-state index is 11.4. The topological polar surface area (TPSA) is 17.1 Å². The quantitative estimate of drug-likeness (QED) is 0.615. The van der Waals surface area contributed by atoms with Gasteiger partial charge in [-0.3, -0.25) is 4.79 Å². The Hall–Kier alpha value is -2.67. The van der Waals surface area contributed by atoms with Crippen LogP contribution in [-0.2, 0) is 0 Å². The van der Waals surface area contributed by atoms with Gasteiger partial charge in [-0.2, -0.15) is 0 Å². The summed E-state index contributed by atoms with van der Waals surface area (Å²) in [6, 6.07) is 26.0. The van der Waals surface area contributed by atoms with Crippen LogP contribution in [0.5, 0.6) is 0 Å². The normalized spacial score (nSPS) is 10.2. The van der Waals surface area contributed by atoms with Crippen molar-refractivity contribution >= 4 is 6.29 Å². The number of hydrogen-bond donors (Lipinski definition) is 0. The van der Waals surface area contributed by atoms with Gasteiger partial charge in [0.15, 0.2) is 6.29 Å². The standard InChI is InChI=1S/C19H14O/c20-14-17-12-7-13-18(15-8-3-1-4-9-15)19(17)16-10-5-2-6-11-16/h1-14H. The zero-order valence-electron chi connectivity index (χ0n) is 11.0. The highest BCUT2D eigenvalue weighted by molar-refractivity contribution is 5.95. The molecule has 0 N–H and O–H groups in total. The van der Waals surface area contributed by atoms with Crippen LogP contribution in [0.2, 0.25) is 0 Å². The molecule has 0 aromatic heterocycles. The van der Waals surface area contributed by atoms with E-state index in [9.17, 15) is 4.79 Å². The molecule has 3 rings (SSSR count). The molecular formula is C19H14O. The van der Waals surface area contributed by atoms with Crippen LogP contribution >= 0.6 is 0 Å². The summed E-state index contributed by atoms with van der Waals surface area (Å²) in [6.07, 6.45) is 0.925. The fourth-order valence-corrected chi connectivity index (χ4v) is 2.45. The van der Waals surface area contributed by atoms with Crippen LogP contribution in [0.25, 0.3) is 22.3 Å². The van der Waals surface area contributed by atoms with Crippen molar-refractivity contribution in [2.24, 2.45) is 0 Å². The van der Waals surface area contributed by atoms with E-state index in [1.165, 1.54) is 0 Å². The second-order valence-electron chi connectivity index (χ2n) is 4.62. The molecule has 0 amide bonds. The van der Waals surface area contributed by atoms with E-state index in [0.717, 1.165) is 34.1 Å². The van der Waals surface area contributed by atoms with Gasteiger partial charge in [0, 0.05) is 5.56 Å². The molecule has 0 atom stereocenters. The summed E-state index contributed by atoms with van der Waals surface area (Å²) in [5.41, 5.74) is 4.98. The second-order valence-corrected chi connectivity index (χ2v) is 4.62. The van der Waals surface area contributed by atoms with Gasteiger partial charge in [-0.1, -0.05) is 78.9 Å². The van der Waals surface area contributed by atoms with Gasteiger partial charge in [0.2, 0.25) is 0 Å². The summed E-state index contributed by atoms with van der Waals surface area (Å²) in [5.74, 6) is 0. The molecule has 0 spiro atoms. The highest BCUT2D eigenvalue weighted by Gasteiger charge is 2.11. The van der Waals surface area contributed by atoms with Crippen molar-refractivity contribution in [3.63, 3.8) is 0 Å². The van der Waals surface area contributed by atoms with E-state index in [2.05, 4.69) is 18.2 Å². The Bertz CT molecular complexity index is 715. The van der Waals surface area contributed by atoms with Gasteiger partial charge in [0.05, 0.1) is 0 Å². The number of carbonyl (C=O) groups is 1. The third-order valence-electron chi connectivity index (χ3n) is 3.37. The van der Waals surface area contributed by atoms with E-state index in [4.69, 9.17) is 0 Å². The molecule has 3 aromatic rings. The summed E-state index contributed by atoms with van der Waals surface area (Å²) in [4.78, 5) is 11.4. The Morgan fingerprint density at radius 2 is 1.20 bits per heavy atom. The Morgan fingerprint density at radius 3 is 1.80 bits per heavy atom. The maximum Gasteiger partial charge on any atom is 0.150 e. The zero-order valence-corrected chi connectivity index (χ0v) is 11.0. The van der Waals surface area contributed by atoms with Gasteiger partial charge in [0.25, 0.3) is 0 Å². The molecule has 0 fully saturated rings. The van der Waals surface area contributed by atoms with Gasteiger partial charge in [-0.15, -0.1) is 0 Å². The average molecular weight is 258 g/mol. The van der Waals surface area contributed by atoms with Crippen molar-refractivity contribution in [1.29, 1.82) is 0 Å². The fourth-order valence-electron chi connectivity index (χ4n) is 2.45. The van der Waals surface area contributed by atoms with Gasteiger partial charge in [0.1, 0.15) is 0 Å². The maximum atomic E-state index is 11.4. The van der Waals surface area contributed by atoms with Crippen molar-refractivity contribution in [2.75, 3.05) is 0 Å². The molecule has 0 aliphatic heterocycles. The number of carbonyl (C=O) groups excluding carboxylic acids is 1. The lowest BCUT2D eigenvalue weighted by Gasteiger charge is -2.12. The second kappa shape index (κ2) is 5.54. The summed E-state index contributed by atoms with van der Waals surface area (Å²) in [7, 11) is 0. The molecule has 1 nitrogen and oxygen atoms in total. The fraction of sp³-hybridized carbons (Fsp3) is 0. The lowest BCUT2D eigenvalue weighted by molar-refractivity contribution is 0.112. The summed E-state index contributed by atoms with van der Waals surface area (Å²) in [5, 5.41) is 0.